The number of halogens is 1. The first kappa shape index (κ1) is 29.7. The second-order valence-electron chi connectivity index (χ2n) is 12.2. The molecular weight excluding hydrogens is 542 g/mol. The number of aliphatic imine (C=N–C) groups is 2. The quantitative estimate of drug-likeness (QED) is 0.318. The van der Waals surface area contributed by atoms with Crippen molar-refractivity contribution in [1.82, 2.24) is 0 Å². The van der Waals surface area contributed by atoms with Gasteiger partial charge in [0, 0.05) is 17.0 Å². The maximum atomic E-state index is 14.7. The van der Waals surface area contributed by atoms with Crippen molar-refractivity contribution in [2.24, 2.45) is 33.7 Å². The second-order valence-corrected chi connectivity index (χ2v) is 15.6. The summed E-state index contributed by atoms with van der Waals surface area (Å²) in [5, 5.41) is 9.60. The van der Waals surface area contributed by atoms with E-state index in [9.17, 15) is 12.8 Å². The Morgan fingerprint density at radius 2 is 1.93 bits per heavy atom. The van der Waals surface area contributed by atoms with Gasteiger partial charge in [0.25, 0.3) is 0 Å². The molecule has 0 aromatic heterocycles. The smallest absolute Gasteiger partial charge is 0.153 e. The van der Waals surface area contributed by atoms with Gasteiger partial charge in [0.15, 0.2) is 9.84 Å². The van der Waals surface area contributed by atoms with Crippen LogP contribution in [0.3, 0.4) is 0 Å². The van der Waals surface area contributed by atoms with E-state index in [-0.39, 0.29) is 28.8 Å². The van der Waals surface area contributed by atoms with Gasteiger partial charge in [-0.05, 0) is 105 Å². The zero-order valence-corrected chi connectivity index (χ0v) is 26.0. The Morgan fingerprint density at radius 3 is 2.60 bits per heavy atom. The SMILES string of the molecule is CCc1cc2c(cc1SC1=NC3=C(N=CC(CC)CC3=N)C(C)C(CCS(=O)(=O)C(CC)C3CC3)C1)C(F)CC2. The van der Waals surface area contributed by atoms with Gasteiger partial charge in [-0.3, -0.25) is 4.99 Å². The van der Waals surface area contributed by atoms with E-state index in [2.05, 4.69) is 26.8 Å². The van der Waals surface area contributed by atoms with Crippen LogP contribution in [-0.4, -0.2) is 36.4 Å². The average molecular weight is 586 g/mol. The van der Waals surface area contributed by atoms with Crippen molar-refractivity contribution >= 4 is 38.6 Å². The van der Waals surface area contributed by atoms with Gasteiger partial charge in [-0.15, -0.1) is 0 Å². The Kier molecular flexibility index (Phi) is 9.06. The fourth-order valence-electron chi connectivity index (χ4n) is 6.68. The third-order valence-electron chi connectivity index (χ3n) is 9.48. The summed E-state index contributed by atoms with van der Waals surface area (Å²) in [6.45, 7) is 8.37. The number of thioether (sulfide) groups is 1. The van der Waals surface area contributed by atoms with Gasteiger partial charge in [-0.2, -0.15) is 0 Å². The van der Waals surface area contributed by atoms with E-state index in [1.165, 1.54) is 5.56 Å². The number of benzene rings is 1. The zero-order valence-electron chi connectivity index (χ0n) is 24.4. The molecule has 1 fully saturated rings. The predicted molar refractivity (Wildman–Crippen MR) is 165 cm³/mol. The molecule has 5 unspecified atom stereocenters. The molecule has 218 valence electrons. The van der Waals surface area contributed by atoms with E-state index in [1.54, 1.807) is 11.8 Å². The van der Waals surface area contributed by atoms with Gasteiger partial charge in [0.05, 0.1) is 27.5 Å². The summed E-state index contributed by atoms with van der Waals surface area (Å²) >= 11 is 1.58. The molecule has 2 aliphatic heterocycles. The summed E-state index contributed by atoms with van der Waals surface area (Å²) in [6, 6.07) is 4.19. The molecule has 1 N–H and O–H groups in total. The number of aryl methyl sites for hydroxylation is 2. The van der Waals surface area contributed by atoms with Crippen LogP contribution in [0.25, 0.3) is 0 Å². The number of hydrogen-bond acceptors (Lipinski definition) is 6. The van der Waals surface area contributed by atoms with Crippen molar-refractivity contribution in [2.45, 2.75) is 108 Å². The fourth-order valence-corrected chi connectivity index (χ4v) is 10.2. The Balaban J connectivity index is 1.48. The minimum atomic E-state index is -3.19. The molecule has 0 spiro atoms. The van der Waals surface area contributed by atoms with Crippen molar-refractivity contribution in [3.63, 3.8) is 0 Å². The summed E-state index contributed by atoms with van der Waals surface area (Å²) in [5.74, 6) is 0.736. The number of rotatable bonds is 9. The van der Waals surface area contributed by atoms with E-state index >= 15 is 0 Å². The van der Waals surface area contributed by atoms with E-state index in [4.69, 9.17) is 15.4 Å². The molecular formula is C32H44FN3O2S2. The molecule has 0 saturated heterocycles. The molecule has 1 saturated carbocycles. The number of fused-ring (bicyclic) bond motifs is 1. The normalized spacial score (nSPS) is 27.6. The first-order valence-corrected chi connectivity index (χ1v) is 17.8. The Hall–Kier alpha value is -1.80. The molecule has 1 aromatic rings. The maximum absolute atomic E-state index is 14.7. The van der Waals surface area contributed by atoms with Crippen LogP contribution in [0.15, 0.2) is 38.4 Å². The van der Waals surface area contributed by atoms with Crippen molar-refractivity contribution in [3.8, 4) is 0 Å². The second kappa shape index (κ2) is 12.2. The zero-order chi connectivity index (χ0) is 28.6. The van der Waals surface area contributed by atoms with E-state index in [0.29, 0.717) is 49.4 Å². The first-order valence-electron chi connectivity index (χ1n) is 15.3. The van der Waals surface area contributed by atoms with E-state index in [1.807, 2.05) is 19.2 Å². The van der Waals surface area contributed by atoms with Crippen LogP contribution < -0.4 is 0 Å². The minimum Gasteiger partial charge on any atom is -0.303 e. The number of nitrogens with one attached hydrogen (secondary N) is 1. The molecule has 0 amide bonds. The van der Waals surface area contributed by atoms with Crippen molar-refractivity contribution in [3.05, 3.63) is 40.2 Å². The average Bonchev–Trinajstić information content (AvgIpc) is 3.73. The van der Waals surface area contributed by atoms with Crippen molar-refractivity contribution in [2.75, 3.05) is 5.75 Å². The molecule has 2 aliphatic carbocycles. The molecule has 5 atom stereocenters. The standard InChI is InChI=1S/C32H44FN3O2S2/c1-5-20-14-27(34)32-31(35-18-20)19(4)23(12-13-40(37,38)29(7-3)22-8-9-22)16-30(36-32)39-28-17-25-24(10-11-26(25)33)15-21(28)6-2/h15,17-20,22-23,26,29,34H,5-14,16H2,1-4H3. The van der Waals surface area contributed by atoms with Crippen LogP contribution in [0.2, 0.25) is 0 Å². The third kappa shape index (κ3) is 6.18. The summed E-state index contributed by atoms with van der Waals surface area (Å²) in [7, 11) is -3.19. The highest BCUT2D eigenvalue weighted by Crippen LogP contribution is 2.43. The van der Waals surface area contributed by atoms with E-state index < -0.39 is 16.0 Å². The fraction of sp³-hybridized carbons (Fsp3) is 0.656. The van der Waals surface area contributed by atoms with Gasteiger partial charge in [0.2, 0.25) is 0 Å². The number of nitrogens with zero attached hydrogens (tertiary/aromatic N) is 2. The molecule has 5 nitrogen and oxygen atoms in total. The lowest BCUT2D eigenvalue weighted by Crippen LogP contribution is -2.28. The molecule has 40 heavy (non-hydrogen) atoms. The third-order valence-corrected chi connectivity index (χ3v) is 13.0. The van der Waals surface area contributed by atoms with Gasteiger partial charge in [0.1, 0.15) is 11.9 Å². The summed E-state index contributed by atoms with van der Waals surface area (Å²) < 4.78 is 41.5. The van der Waals surface area contributed by atoms with Crippen LogP contribution in [0, 0.1) is 29.1 Å². The lowest BCUT2D eigenvalue weighted by molar-refractivity contribution is 0.343. The molecule has 8 heteroatoms. The molecule has 1 aromatic carbocycles. The first-order chi connectivity index (χ1) is 19.1. The molecule has 0 radical (unpaired) electrons. The lowest BCUT2D eigenvalue weighted by Gasteiger charge is -2.24. The highest BCUT2D eigenvalue weighted by atomic mass is 32.2. The maximum Gasteiger partial charge on any atom is 0.153 e. The summed E-state index contributed by atoms with van der Waals surface area (Å²) in [5.41, 5.74) is 5.09. The lowest BCUT2D eigenvalue weighted by atomic mass is 9.86. The highest BCUT2D eigenvalue weighted by molar-refractivity contribution is 8.14. The van der Waals surface area contributed by atoms with E-state index in [0.717, 1.165) is 58.9 Å². The predicted octanol–water partition coefficient (Wildman–Crippen LogP) is 8.08. The number of sulfone groups is 1. The molecule has 0 bridgehead atoms. The van der Waals surface area contributed by atoms with Gasteiger partial charge in [-0.25, -0.2) is 17.8 Å². The summed E-state index contributed by atoms with van der Waals surface area (Å²) in [4.78, 5) is 11.0. The minimum absolute atomic E-state index is 0.0128. The van der Waals surface area contributed by atoms with Gasteiger partial charge >= 0.3 is 0 Å². The molecule has 4 aliphatic rings. The van der Waals surface area contributed by atoms with Crippen LogP contribution in [0.4, 0.5) is 4.39 Å². The van der Waals surface area contributed by atoms with Crippen LogP contribution in [0.1, 0.15) is 102 Å². The van der Waals surface area contributed by atoms with Crippen LogP contribution in [-0.2, 0) is 22.7 Å². The topological polar surface area (TPSA) is 82.7 Å². The molecule has 2 heterocycles. The monoisotopic (exact) mass is 585 g/mol. The van der Waals surface area contributed by atoms with Crippen molar-refractivity contribution in [1.29, 1.82) is 5.41 Å². The highest BCUT2D eigenvalue weighted by Gasteiger charge is 2.40. The van der Waals surface area contributed by atoms with Crippen molar-refractivity contribution < 1.29 is 12.8 Å². The van der Waals surface area contributed by atoms with Gasteiger partial charge < -0.3 is 5.41 Å². The Bertz CT molecular complexity index is 1350. The summed E-state index contributed by atoms with van der Waals surface area (Å²) in [6.07, 6.45) is 8.67. The number of alkyl halides is 1. The van der Waals surface area contributed by atoms with Crippen LogP contribution in [0.5, 0.6) is 0 Å². The Labute approximate surface area is 244 Å². The number of hydrogen-bond donors (Lipinski definition) is 1. The Morgan fingerprint density at radius 1 is 1.15 bits per heavy atom. The number of allylic oxidation sites excluding steroid dienone is 2. The van der Waals surface area contributed by atoms with Gasteiger partial charge in [-0.1, -0.05) is 45.5 Å². The molecule has 5 rings (SSSR count). The largest absolute Gasteiger partial charge is 0.303 e. The van der Waals surface area contributed by atoms with Crippen LogP contribution >= 0.6 is 11.8 Å².